The van der Waals surface area contributed by atoms with Crippen LogP contribution in [0.5, 0.6) is 0 Å². The minimum Gasteiger partial charge on any atom is -0.353 e. The zero-order chi connectivity index (χ0) is 20.2. The Labute approximate surface area is 175 Å². The van der Waals surface area contributed by atoms with E-state index in [2.05, 4.69) is 45.4 Å². The molecule has 2 atom stereocenters. The molecular formula is C23H35N5O. The number of benzene rings is 1. The molecule has 2 saturated heterocycles. The monoisotopic (exact) mass is 397 g/mol. The van der Waals surface area contributed by atoms with E-state index in [1.165, 1.54) is 44.2 Å². The summed E-state index contributed by atoms with van der Waals surface area (Å²) in [5.41, 5.74) is 1.41. The number of hydrogen-bond acceptors (Lipinski definition) is 3. The van der Waals surface area contributed by atoms with E-state index in [-0.39, 0.29) is 12.5 Å². The number of rotatable bonds is 5. The summed E-state index contributed by atoms with van der Waals surface area (Å²) in [6, 6.07) is 12.1. The predicted molar refractivity (Wildman–Crippen MR) is 117 cm³/mol. The highest BCUT2D eigenvalue weighted by Gasteiger charge is 2.37. The normalized spacial score (nSPS) is 25.4. The lowest BCUT2D eigenvalue weighted by Crippen LogP contribution is -2.57. The first kappa shape index (κ1) is 20.2. The third kappa shape index (κ3) is 5.30. The van der Waals surface area contributed by atoms with Gasteiger partial charge in [-0.25, -0.2) is 4.99 Å². The first-order valence-corrected chi connectivity index (χ1v) is 11.1. The van der Waals surface area contributed by atoms with Gasteiger partial charge in [0.25, 0.3) is 0 Å². The molecule has 0 radical (unpaired) electrons. The zero-order valence-electron chi connectivity index (χ0n) is 17.9. The molecule has 1 amide bonds. The maximum atomic E-state index is 12.0. The molecule has 158 valence electrons. The number of amides is 1. The number of nitrogens with zero attached hydrogens (tertiary/aromatic N) is 4. The molecule has 1 N–H and O–H groups in total. The molecule has 3 fully saturated rings. The van der Waals surface area contributed by atoms with Gasteiger partial charge in [-0.05, 0) is 50.1 Å². The van der Waals surface area contributed by atoms with Crippen LogP contribution in [0.25, 0.3) is 0 Å². The molecule has 1 aromatic rings. The molecule has 0 bridgehead atoms. The highest BCUT2D eigenvalue weighted by Crippen LogP contribution is 2.32. The lowest BCUT2D eigenvalue weighted by Gasteiger charge is -2.48. The Morgan fingerprint density at radius 2 is 1.93 bits per heavy atom. The number of carbonyl (C=O) groups is 1. The van der Waals surface area contributed by atoms with E-state index in [0.29, 0.717) is 18.0 Å². The maximum Gasteiger partial charge on any atom is 0.243 e. The molecule has 1 aromatic carbocycles. The Bertz CT molecular complexity index is 715. The van der Waals surface area contributed by atoms with Crippen molar-refractivity contribution >= 4 is 11.9 Å². The van der Waals surface area contributed by atoms with Gasteiger partial charge < -0.3 is 15.1 Å². The van der Waals surface area contributed by atoms with Crippen LogP contribution in [0.3, 0.4) is 0 Å². The zero-order valence-corrected chi connectivity index (χ0v) is 17.9. The van der Waals surface area contributed by atoms with Crippen molar-refractivity contribution in [2.45, 2.75) is 50.7 Å². The van der Waals surface area contributed by atoms with Gasteiger partial charge >= 0.3 is 0 Å². The van der Waals surface area contributed by atoms with Gasteiger partial charge in [0.15, 0.2) is 5.96 Å². The molecule has 6 heteroatoms. The summed E-state index contributed by atoms with van der Waals surface area (Å²) in [4.78, 5) is 23.5. The summed E-state index contributed by atoms with van der Waals surface area (Å²) in [6.45, 7) is 4.55. The first-order valence-electron chi connectivity index (χ1n) is 11.1. The summed E-state index contributed by atoms with van der Waals surface area (Å²) in [7, 11) is 3.58. The van der Waals surface area contributed by atoms with Crippen LogP contribution in [-0.2, 0) is 11.3 Å². The number of nitrogens with one attached hydrogen (secondary N) is 1. The number of aliphatic imine (C=N–C) groups is 1. The second kappa shape index (κ2) is 9.16. The van der Waals surface area contributed by atoms with Crippen molar-refractivity contribution in [1.29, 1.82) is 0 Å². The molecule has 1 aliphatic carbocycles. The van der Waals surface area contributed by atoms with Crippen LogP contribution in [-0.4, -0.2) is 78.9 Å². The molecule has 1 saturated carbocycles. The fraction of sp³-hybridized carbons (Fsp3) is 0.652. The predicted octanol–water partition coefficient (Wildman–Crippen LogP) is 2.17. The van der Waals surface area contributed by atoms with Gasteiger partial charge in [-0.2, -0.15) is 0 Å². The van der Waals surface area contributed by atoms with Gasteiger partial charge in [0.05, 0.1) is 0 Å². The highest BCUT2D eigenvalue weighted by atomic mass is 16.2. The lowest BCUT2D eigenvalue weighted by atomic mass is 9.83. The Morgan fingerprint density at radius 1 is 1.14 bits per heavy atom. The van der Waals surface area contributed by atoms with E-state index in [9.17, 15) is 4.79 Å². The molecule has 2 aliphatic heterocycles. The van der Waals surface area contributed by atoms with E-state index in [1.54, 1.807) is 19.0 Å². The van der Waals surface area contributed by atoms with Crippen LogP contribution in [0.4, 0.5) is 0 Å². The van der Waals surface area contributed by atoms with Crippen molar-refractivity contribution in [2.24, 2.45) is 10.9 Å². The van der Waals surface area contributed by atoms with Crippen LogP contribution in [0.15, 0.2) is 35.3 Å². The van der Waals surface area contributed by atoms with Gasteiger partial charge in [-0.1, -0.05) is 30.3 Å². The maximum absolute atomic E-state index is 12.0. The van der Waals surface area contributed by atoms with Crippen LogP contribution >= 0.6 is 0 Å². The van der Waals surface area contributed by atoms with Crippen LogP contribution in [0, 0.1) is 5.92 Å². The average molecular weight is 398 g/mol. The Balaban J connectivity index is 1.40. The number of hydrogen-bond donors (Lipinski definition) is 1. The minimum atomic E-state index is 0.0571. The first-order chi connectivity index (χ1) is 14.1. The Kier molecular flexibility index (Phi) is 6.38. The molecule has 4 rings (SSSR count). The quantitative estimate of drug-likeness (QED) is 0.611. The topological polar surface area (TPSA) is 51.2 Å². The highest BCUT2D eigenvalue weighted by molar-refractivity contribution is 5.85. The van der Waals surface area contributed by atoms with Crippen molar-refractivity contribution in [1.82, 2.24) is 20.0 Å². The fourth-order valence-electron chi connectivity index (χ4n) is 4.64. The Morgan fingerprint density at radius 3 is 2.66 bits per heavy atom. The lowest BCUT2D eigenvalue weighted by molar-refractivity contribution is -0.127. The smallest absolute Gasteiger partial charge is 0.243 e. The third-order valence-corrected chi connectivity index (χ3v) is 6.48. The average Bonchev–Trinajstić information content (AvgIpc) is 3.55. The van der Waals surface area contributed by atoms with Crippen molar-refractivity contribution < 1.29 is 4.79 Å². The number of guanidine groups is 1. The van der Waals surface area contributed by atoms with E-state index < -0.39 is 0 Å². The number of piperidine rings is 2. The minimum absolute atomic E-state index is 0.0571. The van der Waals surface area contributed by atoms with Gasteiger partial charge in [0.2, 0.25) is 5.91 Å². The van der Waals surface area contributed by atoms with Crippen molar-refractivity contribution in [3.8, 4) is 0 Å². The number of fused-ring (bicyclic) bond motifs is 1. The summed E-state index contributed by atoms with van der Waals surface area (Å²) < 4.78 is 0. The van der Waals surface area contributed by atoms with Gasteiger partial charge in [0, 0.05) is 45.8 Å². The molecule has 2 heterocycles. The van der Waals surface area contributed by atoms with Gasteiger partial charge in [-0.15, -0.1) is 0 Å². The SMILES string of the molecule is CN(C)C(=O)CN=C(NC1CC1)N1CCC2C(CCCN2Cc2ccccc2)C1. The van der Waals surface area contributed by atoms with Crippen LogP contribution in [0.1, 0.15) is 37.7 Å². The molecular weight excluding hydrogens is 362 g/mol. The fourth-order valence-corrected chi connectivity index (χ4v) is 4.64. The van der Waals surface area contributed by atoms with Crippen LogP contribution < -0.4 is 5.32 Å². The van der Waals surface area contributed by atoms with E-state index >= 15 is 0 Å². The van der Waals surface area contributed by atoms with E-state index in [1.807, 2.05) is 0 Å². The third-order valence-electron chi connectivity index (χ3n) is 6.48. The summed E-state index contributed by atoms with van der Waals surface area (Å²) in [5, 5.41) is 3.59. The van der Waals surface area contributed by atoms with Crippen molar-refractivity contribution in [3.05, 3.63) is 35.9 Å². The molecule has 6 nitrogen and oxygen atoms in total. The number of likely N-dealkylation sites (tertiary alicyclic amines) is 2. The molecule has 0 aromatic heterocycles. The second-order valence-corrected chi connectivity index (χ2v) is 9.01. The molecule has 3 aliphatic rings. The van der Waals surface area contributed by atoms with Crippen molar-refractivity contribution in [3.63, 3.8) is 0 Å². The second-order valence-electron chi connectivity index (χ2n) is 9.01. The van der Waals surface area contributed by atoms with Gasteiger partial charge in [0.1, 0.15) is 6.54 Å². The summed E-state index contributed by atoms with van der Waals surface area (Å²) in [6.07, 6.45) is 6.16. The van der Waals surface area contributed by atoms with Crippen LogP contribution in [0.2, 0.25) is 0 Å². The number of carbonyl (C=O) groups excluding carboxylic acids is 1. The summed E-state index contributed by atoms with van der Waals surface area (Å²) in [5.74, 6) is 1.68. The standard InChI is InChI=1S/C23H35N5O/c1-26(2)22(29)15-24-23(25-20-10-11-20)28-14-12-21-19(17-28)9-6-13-27(21)16-18-7-4-3-5-8-18/h3-5,7-8,19-21H,6,9-17H2,1-2H3,(H,24,25). The molecule has 2 unspecified atom stereocenters. The number of likely N-dealkylation sites (N-methyl/N-ethyl adjacent to an activating group) is 1. The van der Waals surface area contributed by atoms with Crippen molar-refractivity contribution in [2.75, 3.05) is 40.3 Å². The van der Waals surface area contributed by atoms with Gasteiger partial charge in [-0.3, -0.25) is 9.69 Å². The Hall–Kier alpha value is -2.08. The van der Waals surface area contributed by atoms with E-state index in [0.717, 1.165) is 25.6 Å². The largest absolute Gasteiger partial charge is 0.353 e. The van der Waals surface area contributed by atoms with E-state index in [4.69, 9.17) is 4.99 Å². The summed E-state index contributed by atoms with van der Waals surface area (Å²) >= 11 is 0. The molecule has 0 spiro atoms. The molecule has 29 heavy (non-hydrogen) atoms.